The maximum Gasteiger partial charge on any atom is 0.225 e. The van der Waals surface area contributed by atoms with Crippen LogP contribution in [0.4, 0.5) is 0 Å². The molecule has 2 N–H and O–H groups in total. The first kappa shape index (κ1) is 15.3. The van der Waals surface area contributed by atoms with Crippen LogP contribution in [0, 0.1) is 5.92 Å². The van der Waals surface area contributed by atoms with Crippen molar-refractivity contribution in [3.05, 3.63) is 28.7 Å². The Hall–Kier alpha value is -1.07. The van der Waals surface area contributed by atoms with Crippen LogP contribution in [-0.4, -0.2) is 29.8 Å². The number of rotatable bonds is 5. The smallest absolute Gasteiger partial charge is 0.225 e. The van der Waals surface area contributed by atoms with E-state index >= 15 is 0 Å². The zero-order valence-corrected chi connectivity index (χ0v) is 13.1. The molecule has 1 aromatic rings. The molecule has 0 bridgehead atoms. The lowest BCUT2D eigenvalue weighted by Crippen LogP contribution is -2.39. The lowest BCUT2D eigenvalue weighted by atomic mass is 10.1. The van der Waals surface area contributed by atoms with E-state index in [0.717, 1.165) is 29.5 Å². The highest BCUT2D eigenvalue weighted by Gasteiger charge is 2.31. The predicted molar refractivity (Wildman–Crippen MR) is 80.6 cm³/mol. The monoisotopic (exact) mass is 341 g/mol. The summed E-state index contributed by atoms with van der Waals surface area (Å²) in [5.74, 6) is 0.429. The molecule has 1 amide bonds. The first-order valence-electron chi connectivity index (χ1n) is 6.95. The second-order valence-corrected chi connectivity index (χ2v) is 6.06. The van der Waals surface area contributed by atoms with E-state index in [4.69, 9.17) is 4.74 Å². The van der Waals surface area contributed by atoms with Gasteiger partial charge in [-0.3, -0.25) is 4.79 Å². The molecule has 110 valence electrons. The fourth-order valence-electron chi connectivity index (χ4n) is 2.42. The average Bonchev–Trinajstić information content (AvgIpc) is 2.85. The van der Waals surface area contributed by atoms with E-state index in [1.54, 1.807) is 0 Å². The zero-order chi connectivity index (χ0) is 14.5. The van der Waals surface area contributed by atoms with Crippen molar-refractivity contribution in [1.29, 1.82) is 0 Å². The van der Waals surface area contributed by atoms with Crippen LogP contribution in [0.15, 0.2) is 28.7 Å². The number of aliphatic hydroxyl groups is 1. The number of benzene rings is 1. The Morgan fingerprint density at radius 3 is 2.90 bits per heavy atom. The third kappa shape index (κ3) is 3.96. The summed E-state index contributed by atoms with van der Waals surface area (Å²) in [7, 11) is 0. The summed E-state index contributed by atoms with van der Waals surface area (Å²) in [5, 5.41) is 12.6. The number of hydrogen-bond donors (Lipinski definition) is 2. The first-order valence-corrected chi connectivity index (χ1v) is 7.74. The Morgan fingerprint density at radius 2 is 2.25 bits per heavy atom. The van der Waals surface area contributed by atoms with Gasteiger partial charge >= 0.3 is 0 Å². The van der Waals surface area contributed by atoms with Gasteiger partial charge < -0.3 is 15.2 Å². The van der Waals surface area contributed by atoms with Crippen molar-refractivity contribution in [1.82, 2.24) is 5.32 Å². The Kier molecular flexibility index (Phi) is 5.43. The van der Waals surface area contributed by atoms with Crippen LogP contribution < -0.4 is 10.1 Å². The molecule has 0 aromatic heterocycles. The maximum atomic E-state index is 11.9. The van der Waals surface area contributed by atoms with E-state index in [0.29, 0.717) is 6.54 Å². The molecule has 1 aliphatic rings. The van der Waals surface area contributed by atoms with Gasteiger partial charge in [0.2, 0.25) is 5.91 Å². The topological polar surface area (TPSA) is 58.6 Å². The fourth-order valence-corrected chi connectivity index (χ4v) is 2.80. The Bertz CT molecular complexity index is 466. The number of carbonyl (C=O) groups excluding carboxylic acids is 1. The summed E-state index contributed by atoms with van der Waals surface area (Å²) in [6.07, 6.45) is 1.79. The van der Waals surface area contributed by atoms with E-state index in [-0.39, 0.29) is 17.9 Å². The highest BCUT2D eigenvalue weighted by molar-refractivity contribution is 9.10. The minimum absolute atomic E-state index is 0.0717. The van der Waals surface area contributed by atoms with Crippen LogP contribution in [0.5, 0.6) is 5.75 Å². The van der Waals surface area contributed by atoms with Gasteiger partial charge in [-0.1, -0.05) is 12.1 Å². The largest absolute Gasteiger partial charge is 0.488 e. The molecule has 0 heterocycles. The van der Waals surface area contributed by atoms with Crippen molar-refractivity contribution in [3.8, 4) is 5.75 Å². The van der Waals surface area contributed by atoms with Crippen molar-refractivity contribution in [3.63, 3.8) is 0 Å². The molecule has 5 heteroatoms. The second kappa shape index (κ2) is 7.09. The zero-order valence-electron chi connectivity index (χ0n) is 11.5. The predicted octanol–water partition coefficient (Wildman–Crippen LogP) is 2.49. The summed E-state index contributed by atoms with van der Waals surface area (Å²) < 4.78 is 6.65. The number of para-hydroxylation sites is 1. The highest BCUT2D eigenvalue weighted by atomic mass is 79.9. The van der Waals surface area contributed by atoms with Crippen LogP contribution in [0.2, 0.25) is 0 Å². The third-order valence-electron chi connectivity index (χ3n) is 3.54. The molecular weight excluding hydrogens is 322 g/mol. The molecule has 4 nitrogen and oxygen atoms in total. The molecule has 0 spiro atoms. The van der Waals surface area contributed by atoms with Crippen LogP contribution >= 0.6 is 15.9 Å². The number of ether oxygens (including phenoxy) is 1. The molecule has 3 unspecified atom stereocenters. The van der Waals surface area contributed by atoms with Crippen molar-refractivity contribution >= 4 is 21.8 Å². The lowest BCUT2D eigenvalue weighted by molar-refractivity contribution is -0.127. The second-order valence-electron chi connectivity index (χ2n) is 5.21. The van der Waals surface area contributed by atoms with Crippen molar-refractivity contribution in [2.45, 2.75) is 38.4 Å². The van der Waals surface area contributed by atoms with Gasteiger partial charge in [0.1, 0.15) is 11.9 Å². The molecule has 1 saturated carbocycles. The molecule has 0 radical (unpaired) electrons. The number of halogens is 1. The van der Waals surface area contributed by atoms with E-state index in [9.17, 15) is 9.90 Å². The fraction of sp³-hybridized carbons (Fsp3) is 0.533. The highest BCUT2D eigenvalue weighted by Crippen LogP contribution is 2.26. The molecular formula is C15H20BrNO3. The number of amides is 1. The summed E-state index contributed by atoms with van der Waals surface area (Å²) in [6.45, 7) is 2.34. The standard InChI is InChI=1S/C15H20BrNO3/c1-10(20-14-8-3-2-6-12(14)16)9-17-15(19)11-5-4-7-13(11)18/h2-3,6,8,10-11,13,18H,4-5,7,9H2,1H3,(H,17,19). The summed E-state index contributed by atoms with van der Waals surface area (Å²) in [6, 6.07) is 7.61. The molecule has 3 atom stereocenters. The Labute approximate surface area is 127 Å². The van der Waals surface area contributed by atoms with Gasteiger partial charge in [0.05, 0.1) is 23.0 Å². The van der Waals surface area contributed by atoms with Crippen LogP contribution in [0.1, 0.15) is 26.2 Å². The molecule has 1 aromatic carbocycles. The van der Waals surface area contributed by atoms with Crippen LogP contribution in [0.25, 0.3) is 0 Å². The quantitative estimate of drug-likeness (QED) is 0.864. The Balaban J connectivity index is 1.79. The van der Waals surface area contributed by atoms with Gasteiger partial charge in [-0.2, -0.15) is 0 Å². The summed E-state index contributed by atoms with van der Waals surface area (Å²) in [5.41, 5.74) is 0. The van der Waals surface area contributed by atoms with Gasteiger partial charge in [0, 0.05) is 0 Å². The molecule has 1 fully saturated rings. The molecule has 0 saturated heterocycles. The number of nitrogens with one attached hydrogen (secondary N) is 1. The van der Waals surface area contributed by atoms with E-state index in [1.165, 1.54) is 0 Å². The van der Waals surface area contributed by atoms with Crippen molar-refractivity contribution in [2.75, 3.05) is 6.54 Å². The van der Waals surface area contributed by atoms with Crippen molar-refractivity contribution in [2.24, 2.45) is 5.92 Å². The number of aliphatic hydroxyl groups excluding tert-OH is 1. The summed E-state index contributed by atoms with van der Waals surface area (Å²) >= 11 is 3.42. The Morgan fingerprint density at radius 1 is 1.50 bits per heavy atom. The van der Waals surface area contributed by atoms with E-state index < -0.39 is 6.10 Å². The normalized spacial score (nSPS) is 23.4. The SMILES string of the molecule is CC(CNC(=O)C1CCCC1O)Oc1ccccc1Br. The summed E-state index contributed by atoms with van der Waals surface area (Å²) in [4.78, 5) is 11.9. The van der Waals surface area contributed by atoms with Gasteiger partial charge in [0.15, 0.2) is 0 Å². The van der Waals surface area contributed by atoms with Crippen LogP contribution in [-0.2, 0) is 4.79 Å². The maximum absolute atomic E-state index is 11.9. The minimum atomic E-state index is -0.491. The van der Waals surface area contributed by atoms with E-state index in [2.05, 4.69) is 21.2 Å². The number of carbonyl (C=O) groups is 1. The van der Waals surface area contributed by atoms with Crippen LogP contribution in [0.3, 0.4) is 0 Å². The third-order valence-corrected chi connectivity index (χ3v) is 4.20. The molecule has 1 aliphatic carbocycles. The average molecular weight is 342 g/mol. The van der Waals surface area contributed by atoms with Crippen molar-refractivity contribution < 1.29 is 14.6 Å². The first-order chi connectivity index (χ1) is 9.58. The molecule has 2 rings (SSSR count). The van der Waals surface area contributed by atoms with E-state index in [1.807, 2.05) is 31.2 Å². The van der Waals surface area contributed by atoms with Gasteiger partial charge in [0.25, 0.3) is 0 Å². The molecule has 20 heavy (non-hydrogen) atoms. The number of hydrogen-bond acceptors (Lipinski definition) is 3. The lowest BCUT2D eigenvalue weighted by Gasteiger charge is -2.19. The van der Waals surface area contributed by atoms with Gasteiger partial charge in [-0.05, 0) is 54.2 Å². The minimum Gasteiger partial charge on any atom is -0.488 e. The van der Waals surface area contributed by atoms with Gasteiger partial charge in [-0.15, -0.1) is 0 Å². The van der Waals surface area contributed by atoms with Gasteiger partial charge in [-0.25, -0.2) is 0 Å². The molecule has 0 aliphatic heterocycles.